The minimum atomic E-state index is -0.611. The number of carbonyl (C=O) groups is 1. The highest BCUT2D eigenvalue weighted by Gasteiger charge is 2.57. The van der Waals surface area contributed by atoms with Gasteiger partial charge in [-0.05, 0) is 80.7 Å². The number of fused-ring (bicyclic) bond motifs is 4. The Morgan fingerprint density at radius 1 is 1.04 bits per heavy atom. The van der Waals surface area contributed by atoms with Gasteiger partial charge in [0.1, 0.15) is 5.82 Å². The molecule has 0 saturated heterocycles. The first kappa shape index (κ1) is 33.6. The van der Waals surface area contributed by atoms with Gasteiger partial charge in [-0.1, -0.05) is 53.5 Å². The lowest BCUT2D eigenvalue weighted by molar-refractivity contribution is -0.148. The number of hydrogen-bond acceptors (Lipinski definition) is 8. The van der Waals surface area contributed by atoms with E-state index >= 15 is 0 Å². The molecule has 2 fully saturated rings. The predicted octanol–water partition coefficient (Wildman–Crippen LogP) is 7.90. The molecule has 0 unspecified atom stereocenters. The molecule has 3 aromatic heterocycles. The number of aryl methyl sites for hydroxylation is 1. The molecule has 3 aliphatic rings. The standard InChI is InChI=1S/C39H38Cl2N6O4/c1-46-36(48)31-23(20-43-46)9-16-42-34(31)44-29-8-4-6-27(33(29)41)26-5-3-7-28(32(26)40)30-19-24-21-47(17-10-25(24)35(45-30)51-2)18-15-38-11-13-39(22-38,14-12-38)37(49)50/h3-9,16,19-20H,10-15,17-18,21-22H2,1-2H3,(H,42,44)(H,49,50). The summed E-state index contributed by atoms with van der Waals surface area (Å²) in [6.07, 6.45) is 9.57. The number of anilines is 2. The summed E-state index contributed by atoms with van der Waals surface area (Å²) in [5.74, 6) is 0.376. The number of aromatic nitrogens is 4. The molecule has 12 heteroatoms. The van der Waals surface area contributed by atoms with Crippen molar-refractivity contribution in [2.75, 3.05) is 25.5 Å². The van der Waals surface area contributed by atoms with E-state index in [2.05, 4.69) is 26.4 Å². The van der Waals surface area contributed by atoms with Gasteiger partial charge in [0.25, 0.3) is 5.56 Å². The molecule has 2 N–H and O–H groups in total. The lowest BCUT2D eigenvalue weighted by Gasteiger charge is -2.33. The molecule has 2 bridgehead atoms. The Kier molecular flexibility index (Phi) is 8.52. The van der Waals surface area contributed by atoms with Crippen molar-refractivity contribution in [3.8, 4) is 28.3 Å². The molecule has 0 spiro atoms. The van der Waals surface area contributed by atoms with Gasteiger partial charge in [-0.25, -0.2) is 14.6 Å². The van der Waals surface area contributed by atoms with Crippen molar-refractivity contribution in [3.63, 3.8) is 0 Å². The van der Waals surface area contributed by atoms with Crippen LogP contribution in [0.3, 0.4) is 0 Å². The minimum absolute atomic E-state index is 0.155. The first-order chi connectivity index (χ1) is 24.6. The monoisotopic (exact) mass is 724 g/mol. The van der Waals surface area contributed by atoms with Crippen molar-refractivity contribution in [2.24, 2.45) is 17.9 Å². The maximum atomic E-state index is 13.0. The third-order valence-electron chi connectivity index (χ3n) is 11.5. The number of ether oxygens (including phenoxy) is 1. The number of nitrogens with zero attached hydrogens (tertiary/aromatic N) is 5. The zero-order chi connectivity index (χ0) is 35.5. The van der Waals surface area contributed by atoms with Crippen LogP contribution in [0.15, 0.2) is 65.7 Å². The van der Waals surface area contributed by atoms with E-state index in [1.165, 1.54) is 4.68 Å². The number of hydrogen-bond donors (Lipinski definition) is 2. The van der Waals surface area contributed by atoms with E-state index in [-0.39, 0.29) is 11.0 Å². The summed E-state index contributed by atoms with van der Waals surface area (Å²) in [7, 11) is 3.25. The average molecular weight is 726 g/mol. The summed E-state index contributed by atoms with van der Waals surface area (Å²) < 4.78 is 7.10. The third-order valence-corrected chi connectivity index (χ3v) is 12.3. The predicted molar refractivity (Wildman–Crippen MR) is 199 cm³/mol. The Morgan fingerprint density at radius 3 is 2.53 bits per heavy atom. The summed E-state index contributed by atoms with van der Waals surface area (Å²) in [5, 5.41) is 19.3. The quantitative estimate of drug-likeness (QED) is 0.156. The van der Waals surface area contributed by atoms with Gasteiger partial charge in [0.15, 0.2) is 0 Å². The number of pyridine rings is 2. The molecule has 10 nitrogen and oxygen atoms in total. The number of carboxylic acid groups (broad SMARTS) is 1. The first-order valence-corrected chi connectivity index (χ1v) is 18.0. The number of halogens is 2. The zero-order valence-electron chi connectivity index (χ0n) is 28.5. The van der Waals surface area contributed by atoms with E-state index in [1.54, 1.807) is 32.6 Å². The normalized spacial score (nSPS) is 21.2. The molecule has 0 radical (unpaired) electrons. The molecule has 2 saturated carbocycles. The largest absolute Gasteiger partial charge is 0.481 e. The molecule has 5 aromatic rings. The van der Waals surface area contributed by atoms with Gasteiger partial charge in [0.2, 0.25) is 5.88 Å². The molecule has 0 amide bonds. The van der Waals surface area contributed by atoms with Crippen LogP contribution in [0, 0.1) is 10.8 Å². The SMILES string of the molecule is COc1nc(-c2cccc(-c3cccc(Nc4nccc5cnn(C)c(=O)c45)c3Cl)c2Cl)cc2c1CCN(CCC13CCC(C(=O)O)(CC1)C3)C2. The van der Waals surface area contributed by atoms with Crippen LogP contribution in [0.2, 0.25) is 10.0 Å². The lowest BCUT2D eigenvalue weighted by Crippen LogP contribution is -2.34. The lowest BCUT2D eigenvalue weighted by atomic mass is 9.80. The Bertz CT molecular complexity index is 2270. The van der Waals surface area contributed by atoms with Gasteiger partial charge in [0.05, 0.1) is 45.5 Å². The van der Waals surface area contributed by atoms with Gasteiger partial charge < -0.3 is 15.2 Å². The molecule has 2 aliphatic carbocycles. The van der Waals surface area contributed by atoms with E-state index in [0.29, 0.717) is 49.5 Å². The molecule has 0 atom stereocenters. The summed E-state index contributed by atoms with van der Waals surface area (Å²) in [6.45, 7) is 2.61. The van der Waals surface area contributed by atoms with E-state index in [4.69, 9.17) is 32.9 Å². The number of rotatable bonds is 9. The molecule has 262 valence electrons. The van der Waals surface area contributed by atoms with Crippen LogP contribution < -0.4 is 15.6 Å². The highest BCUT2D eigenvalue weighted by atomic mass is 35.5. The van der Waals surface area contributed by atoms with E-state index in [9.17, 15) is 14.7 Å². The number of nitrogens with one attached hydrogen (secondary N) is 1. The van der Waals surface area contributed by atoms with Crippen molar-refractivity contribution in [1.29, 1.82) is 0 Å². The first-order valence-electron chi connectivity index (χ1n) is 17.3. The maximum Gasteiger partial charge on any atom is 0.309 e. The topological polar surface area (TPSA) is 122 Å². The fourth-order valence-corrected chi connectivity index (χ4v) is 9.22. The van der Waals surface area contributed by atoms with Gasteiger partial charge in [-0.15, -0.1) is 0 Å². The fourth-order valence-electron chi connectivity index (χ4n) is 8.62. The third kappa shape index (κ3) is 5.83. The molecular formula is C39H38Cl2N6O4. The number of methoxy groups -OCH3 is 1. The van der Waals surface area contributed by atoms with E-state index in [1.807, 2.05) is 36.4 Å². The molecule has 2 aromatic carbocycles. The Labute approximate surface area is 305 Å². The van der Waals surface area contributed by atoms with Crippen LogP contribution in [0.5, 0.6) is 5.88 Å². The second kappa shape index (κ2) is 12.9. The smallest absolute Gasteiger partial charge is 0.309 e. The van der Waals surface area contributed by atoms with Gasteiger partial charge in [-0.3, -0.25) is 14.5 Å². The average Bonchev–Trinajstić information content (AvgIpc) is 3.72. The van der Waals surface area contributed by atoms with Gasteiger partial charge in [-0.2, -0.15) is 5.10 Å². The summed E-state index contributed by atoms with van der Waals surface area (Å²) >= 11 is 14.3. The van der Waals surface area contributed by atoms with Crippen molar-refractivity contribution in [1.82, 2.24) is 24.6 Å². The van der Waals surface area contributed by atoms with Crippen molar-refractivity contribution >= 4 is 51.4 Å². The van der Waals surface area contributed by atoms with E-state index in [0.717, 1.165) is 86.8 Å². The molecular weight excluding hydrogens is 687 g/mol. The Balaban J connectivity index is 1.07. The Morgan fingerprint density at radius 2 is 1.78 bits per heavy atom. The van der Waals surface area contributed by atoms with Crippen molar-refractivity contribution < 1.29 is 14.6 Å². The van der Waals surface area contributed by atoms with Crippen LogP contribution in [0.25, 0.3) is 33.2 Å². The highest BCUT2D eigenvalue weighted by molar-refractivity contribution is 6.39. The number of carboxylic acids is 1. The summed E-state index contributed by atoms with van der Waals surface area (Å²) in [5.41, 5.74) is 5.16. The molecule has 8 rings (SSSR count). The van der Waals surface area contributed by atoms with Crippen LogP contribution in [-0.4, -0.2) is 55.9 Å². The number of aliphatic carboxylic acids is 1. The highest BCUT2D eigenvalue weighted by Crippen LogP contribution is 2.63. The number of benzene rings is 2. The van der Waals surface area contributed by atoms with Crippen molar-refractivity contribution in [2.45, 2.75) is 51.5 Å². The summed E-state index contributed by atoms with van der Waals surface area (Å²) in [6, 6.07) is 15.3. The molecule has 1 aliphatic heterocycles. The maximum absolute atomic E-state index is 13.0. The minimum Gasteiger partial charge on any atom is -0.481 e. The fraction of sp³-hybridized carbons (Fsp3) is 0.359. The van der Waals surface area contributed by atoms with Gasteiger partial charge in [0, 0.05) is 54.0 Å². The second-order valence-corrected chi connectivity index (χ2v) is 15.1. The zero-order valence-corrected chi connectivity index (χ0v) is 30.0. The molecule has 4 heterocycles. The van der Waals surface area contributed by atoms with Crippen molar-refractivity contribution in [3.05, 3.63) is 92.5 Å². The summed E-state index contributed by atoms with van der Waals surface area (Å²) in [4.78, 5) is 36.8. The van der Waals surface area contributed by atoms with E-state index < -0.39 is 11.4 Å². The second-order valence-electron chi connectivity index (χ2n) is 14.3. The Hall–Kier alpha value is -4.51. The van der Waals surface area contributed by atoms with Crippen LogP contribution >= 0.6 is 23.2 Å². The van der Waals surface area contributed by atoms with Crippen LogP contribution in [-0.2, 0) is 24.8 Å². The van der Waals surface area contributed by atoms with Crippen LogP contribution in [0.1, 0.15) is 49.7 Å². The van der Waals surface area contributed by atoms with Crippen LogP contribution in [0.4, 0.5) is 11.5 Å². The molecule has 51 heavy (non-hydrogen) atoms. The van der Waals surface area contributed by atoms with Gasteiger partial charge >= 0.3 is 5.97 Å².